The molecule has 0 heterocycles. The Bertz CT molecular complexity index is 880. The van der Waals surface area contributed by atoms with Crippen LogP contribution in [-0.2, 0) is 20.8 Å². The minimum absolute atomic E-state index is 0.527. The summed E-state index contributed by atoms with van der Waals surface area (Å²) in [4.78, 5) is 0. The van der Waals surface area contributed by atoms with Crippen molar-refractivity contribution in [3.8, 4) is 0 Å². The van der Waals surface area contributed by atoms with Gasteiger partial charge in [-0.1, -0.05) is 118 Å². The van der Waals surface area contributed by atoms with E-state index in [2.05, 4.69) is 119 Å². The SMILES string of the molecule is C[C]1[CH][C]2[C](C=C(C(C)C)C=C2C(C)C)[C]1[Si](C)(C)[C]1[C](C)[CH][C]2[C]1C=C(C(C)C)C=C2C(C)C.[Cl][Zr+2][Cl]. The van der Waals surface area contributed by atoms with Crippen molar-refractivity contribution in [2.75, 3.05) is 0 Å². The number of halogens is 2. The first kappa shape index (κ1) is 33.1. The first-order valence-corrected chi connectivity index (χ1v) is 23.4. The Hall–Kier alpha value is 0.640. The van der Waals surface area contributed by atoms with Crippen LogP contribution in [0, 0.1) is 83.1 Å². The van der Waals surface area contributed by atoms with Crippen molar-refractivity contribution in [1.29, 1.82) is 0 Å². The molecule has 0 atom stereocenters. The van der Waals surface area contributed by atoms with Crippen LogP contribution in [0.3, 0.4) is 0 Å². The van der Waals surface area contributed by atoms with Gasteiger partial charge in [0.2, 0.25) is 0 Å². The van der Waals surface area contributed by atoms with Gasteiger partial charge in [0.15, 0.2) is 0 Å². The fraction of sp³-hybridized carbons (Fsp3) is 0.471. The van der Waals surface area contributed by atoms with E-state index in [0.29, 0.717) is 23.7 Å². The summed E-state index contributed by atoms with van der Waals surface area (Å²) in [7, 11) is 7.87. The third kappa shape index (κ3) is 6.50. The number of hydrogen-bond donors (Lipinski definition) is 0. The normalized spacial score (nSPS) is 23.4. The van der Waals surface area contributed by atoms with Crippen molar-refractivity contribution >= 4 is 25.1 Å². The first-order chi connectivity index (χ1) is 17.7. The first-order valence-electron chi connectivity index (χ1n) is 14.1. The zero-order valence-corrected chi connectivity index (χ0v) is 30.5. The van der Waals surface area contributed by atoms with Gasteiger partial charge in [-0.25, -0.2) is 0 Å². The van der Waals surface area contributed by atoms with Gasteiger partial charge in [-0.3, -0.25) is 0 Å². The fourth-order valence-electron chi connectivity index (χ4n) is 6.54. The van der Waals surface area contributed by atoms with E-state index in [9.17, 15) is 0 Å². The third-order valence-corrected chi connectivity index (χ3v) is 12.2. The Labute approximate surface area is 256 Å². The molecule has 0 aromatic heterocycles. The second-order valence-electron chi connectivity index (χ2n) is 12.9. The zero-order chi connectivity index (χ0) is 28.7. The summed E-state index contributed by atoms with van der Waals surface area (Å²) >= 11 is -0.826. The van der Waals surface area contributed by atoms with Crippen LogP contribution in [-0.4, -0.2) is 8.07 Å². The molecule has 38 heavy (non-hydrogen) atoms. The molecule has 0 aromatic carbocycles. The zero-order valence-electron chi connectivity index (χ0n) is 25.5. The summed E-state index contributed by atoms with van der Waals surface area (Å²) in [6.07, 6.45) is 15.0. The van der Waals surface area contributed by atoms with Gasteiger partial charge in [0.25, 0.3) is 0 Å². The summed E-state index contributed by atoms with van der Waals surface area (Å²) in [6.45, 7) is 28.6. The van der Waals surface area contributed by atoms with Gasteiger partial charge in [0, 0.05) is 23.7 Å². The summed E-state index contributed by atoms with van der Waals surface area (Å²) in [5.74, 6) is 11.1. The van der Waals surface area contributed by atoms with Crippen molar-refractivity contribution in [2.45, 2.75) is 82.3 Å². The molecule has 2 saturated carbocycles. The Morgan fingerprint density at radius 3 is 1.13 bits per heavy atom. The van der Waals surface area contributed by atoms with Crippen LogP contribution >= 0.6 is 17.0 Å². The van der Waals surface area contributed by atoms with Gasteiger partial charge in [-0.2, -0.15) is 0 Å². The van der Waals surface area contributed by atoms with E-state index in [-0.39, 0.29) is 0 Å². The number of rotatable bonds is 6. The molecule has 0 N–H and O–H groups in total. The monoisotopic (exact) mass is 642 g/mol. The number of allylic oxidation sites excluding steroid dienone is 8. The van der Waals surface area contributed by atoms with E-state index in [0.717, 1.165) is 0 Å². The summed E-state index contributed by atoms with van der Waals surface area (Å²) < 4.78 is 0. The molecule has 4 aliphatic carbocycles. The summed E-state index contributed by atoms with van der Waals surface area (Å²) in [6, 6.07) is 0. The minimum atomic E-state index is -2.00. The van der Waals surface area contributed by atoms with Crippen LogP contribution in [0.5, 0.6) is 0 Å². The fourth-order valence-corrected chi connectivity index (χ4v) is 10.7. The average Bonchev–Trinajstić information content (AvgIpc) is 3.33. The molecule has 0 saturated heterocycles. The summed E-state index contributed by atoms with van der Waals surface area (Å²) in [5, 5.41) is 0. The summed E-state index contributed by atoms with van der Waals surface area (Å²) in [5.41, 5.74) is 9.27. The van der Waals surface area contributed by atoms with Crippen LogP contribution in [0.25, 0.3) is 0 Å². The van der Waals surface area contributed by atoms with Gasteiger partial charge in [0.1, 0.15) is 0 Å². The Morgan fingerprint density at radius 1 is 0.553 bits per heavy atom. The molecule has 0 spiro atoms. The molecule has 0 unspecified atom stereocenters. The Balaban J connectivity index is 0.00000127. The third-order valence-electron chi connectivity index (χ3n) is 8.35. The molecule has 0 amide bonds. The average molecular weight is 645 g/mol. The van der Waals surface area contributed by atoms with Gasteiger partial charge in [-0.05, 0) is 70.6 Å². The number of fused-ring (bicyclic) bond motifs is 2. The quantitative estimate of drug-likeness (QED) is 0.253. The maximum absolute atomic E-state index is 4.93. The van der Waals surface area contributed by atoms with Crippen molar-refractivity contribution < 1.29 is 20.8 Å². The standard InChI is InChI=1S/C34H46Si.2ClH.Zr/c1-19(2)25-15-27(21(5)6)29-13-23(9)33(31(29)17-25)35(11,12)34-24(10)14-30-28(22(7)8)16-26(20(3)4)18-32(30)34;;;/h13-22H,1-12H3;2*1H;/q;;;+4/p-2. The van der Waals surface area contributed by atoms with Crippen LogP contribution in [0.1, 0.15) is 69.2 Å². The molecule has 0 nitrogen and oxygen atoms in total. The molecular weight excluding hydrogens is 599 g/mol. The van der Waals surface area contributed by atoms with Gasteiger partial charge >= 0.3 is 37.9 Å². The van der Waals surface area contributed by atoms with E-state index in [1.54, 1.807) is 11.1 Å². The molecule has 4 heteroatoms. The van der Waals surface area contributed by atoms with Crippen LogP contribution < -0.4 is 0 Å². The topological polar surface area (TPSA) is 0 Å². The predicted octanol–water partition coefficient (Wildman–Crippen LogP) is 10.6. The molecule has 4 aliphatic rings. The van der Waals surface area contributed by atoms with Crippen LogP contribution in [0.15, 0.2) is 46.6 Å². The maximum atomic E-state index is 4.93. The Kier molecular flexibility index (Phi) is 11.6. The van der Waals surface area contributed by atoms with Crippen molar-refractivity contribution in [3.63, 3.8) is 0 Å². The van der Waals surface area contributed by atoms with E-state index in [1.165, 1.54) is 57.8 Å². The second-order valence-corrected chi connectivity index (χ2v) is 20.8. The van der Waals surface area contributed by atoms with Crippen LogP contribution in [0.4, 0.5) is 0 Å². The molecule has 0 bridgehead atoms. The van der Waals surface area contributed by atoms with E-state index in [4.69, 9.17) is 17.0 Å². The van der Waals surface area contributed by atoms with Gasteiger partial charge in [0.05, 0.1) is 8.07 Å². The predicted molar refractivity (Wildman–Crippen MR) is 167 cm³/mol. The van der Waals surface area contributed by atoms with Crippen molar-refractivity contribution in [3.05, 3.63) is 106 Å². The van der Waals surface area contributed by atoms with E-state index in [1.807, 2.05) is 0 Å². The molecule has 202 valence electrons. The number of hydrogen-bond acceptors (Lipinski definition) is 0. The van der Waals surface area contributed by atoms with Gasteiger partial charge in [-0.15, -0.1) is 0 Å². The second kappa shape index (κ2) is 13.3. The van der Waals surface area contributed by atoms with Crippen LogP contribution in [0.2, 0.25) is 13.1 Å². The van der Waals surface area contributed by atoms with Gasteiger partial charge < -0.3 is 0 Å². The van der Waals surface area contributed by atoms with E-state index >= 15 is 0 Å². The Morgan fingerprint density at radius 2 is 0.868 bits per heavy atom. The van der Waals surface area contributed by atoms with Crippen molar-refractivity contribution in [2.24, 2.45) is 23.7 Å². The molecule has 4 rings (SSSR count). The molecule has 10 radical (unpaired) electrons. The van der Waals surface area contributed by atoms with Crippen molar-refractivity contribution in [1.82, 2.24) is 0 Å². The van der Waals surface area contributed by atoms with E-state index < -0.39 is 28.9 Å². The molecule has 0 aliphatic heterocycles. The molecule has 2 fully saturated rings. The molecule has 0 aromatic rings. The molecular formula is C34H46Cl2SiZr+2.